The molecule has 0 saturated heterocycles. The largest absolute Gasteiger partial charge is 0.378 e. The maximum atomic E-state index is 2.36. The summed E-state index contributed by atoms with van der Waals surface area (Å²) in [4.78, 5) is 4.36. The molecule has 1 aliphatic carbocycles. The molecule has 1 aliphatic rings. The number of benzene rings is 3. The molecule has 0 aliphatic heterocycles. The fourth-order valence-corrected chi connectivity index (χ4v) is 5.46. The van der Waals surface area contributed by atoms with Crippen LogP contribution in [0.1, 0.15) is 54.7 Å². The summed E-state index contributed by atoms with van der Waals surface area (Å²) in [6, 6.07) is 29.8. The van der Waals surface area contributed by atoms with Crippen LogP contribution in [0.25, 0.3) is 0 Å². The van der Waals surface area contributed by atoms with Crippen molar-refractivity contribution in [1.29, 1.82) is 0 Å². The number of rotatable bonds is 6. The molecule has 0 bridgehead atoms. The molecule has 0 unspecified atom stereocenters. The van der Waals surface area contributed by atoms with Gasteiger partial charge in [-0.15, -0.1) is 0 Å². The Morgan fingerprint density at radius 3 is 1.45 bits per heavy atom. The molecule has 0 radical (unpaired) electrons. The monoisotopic (exact) mass is 412 g/mol. The van der Waals surface area contributed by atoms with Gasteiger partial charge in [0.2, 0.25) is 0 Å². The first-order chi connectivity index (χ1) is 15.0. The van der Waals surface area contributed by atoms with Crippen molar-refractivity contribution in [2.24, 2.45) is 0 Å². The predicted molar refractivity (Wildman–Crippen MR) is 135 cm³/mol. The minimum absolute atomic E-state index is 0.138. The Morgan fingerprint density at radius 2 is 1.03 bits per heavy atom. The van der Waals surface area contributed by atoms with Crippen LogP contribution in [0.15, 0.2) is 78.9 Å². The standard InChI is InChI=1S/C29H36N2/c1-30(2)26-17-13-23(14-18-26)28(24-15-19-27(20-16-24)31(3)4)29(21-9-6-10-22-29)25-11-7-5-8-12-25/h5,7-8,11-20,28H,6,9-10,21-22H2,1-4H3. The van der Waals surface area contributed by atoms with Crippen LogP contribution in [0.2, 0.25) is 0 Å². The normalized spacial score (nSPS) is 15.6. The van der Waals surface area contributed by atoms with Crippen LogP contribution in [-0.4, -0.2) is 28.2 Å². The third-order valence-electron chi connectivity index (χ3n) is 7.13. The number of anilines is 2. The lowest BCUT2D eigenvalue weighted by atomic mass is 9.58. The van der Waals surface area contributed by atoms with Crippen LogP contribution in [0, 0.1) is 0 Å². The third kappa shape index (κ3) is 4.35. The second-order valence-corrected chi connectivity index (χ2v) is 9.49. The Balaban J connectivity index is 1.87. The Kier molecular flexibility index (Phi) is 6.36. The zero-order chi connectivity index (χ0) is 21.8. The first kappa shape index (κ1) is 21.5. The van der Waals surface area contributed by atoms with E-state index in [0.717, 1.165) is 0 Å². The summed E-state index contributed by atoms with van der Waals surface area (Å²) in [7, 11) is 8.44. The highest BCUT2D eigenvalue weighted by Crippen LogP contribution is 2.52. The molecule has 1 fully saturated rings. The zero-order valence-corrected chi connectivity index (χ0v) is 19.5. The fourth-order valence-electron chi connectivity index (χ4n) is 5.46. The third-order valence-corrected chi connectivity index (χ3v) is 7.13. The Morgan fingerprint density at radius 1 is 0.581 bits per heavy atom. The summed E-state index contributed by atoms with van der Waals surface area (Å²) in [5.41, 5.74) is 6.99. The lowest BCUT2D eigenvalue weighted by Gasteiger charge is -2.45. The van der Waals surface area contributed by atoms with Gasteiger partial charge in [-0.3, -0.25) is 0 Å². The van der Waals surface area contributed by atoms with E-state index in [4.69, 9.17) is 0 Å². The average Bonchev–Trinajstić information content (AvgIpc) is 2.81. The van der Waals surface area contributed by atoms with Crippen molar-refractivity contribution in [3.63, 3.8) is 0 Å². The van der Waals surface area contributed by atoms with Crippen LogP contribution in [-0.2, 0) is 5.41 Å². The lowest BCUT2D eigenvalue weighted by Crippen LogP contribution is -2.36. The second kappa shape index (κ2) is 9.18. The van der Waals surface area contributed by atoms with Crippen molar-refractivity contribution in [3.05, 3.63) is 95.6 Å². The molecule has 0 N–H and O–H groups in total. The van der Waals surface area contributed by atoms with E-state index >= 15 is 0 Å². The molecule has 0 amide bonds. The van der Waals surface area contributed by atoms with Crippen molar-refractivity contribution in [3.8, 4) is 0 Å². The lowest BCUT2D eigenvalue weighted by molar-refractivity contribution is 0.262. The maximum absolute atomic E-state index is 2.36. The first-order valence-electron chi connectivity index (χ1n) is 11.6. The molecule has 0 aromatic heterocycles. The number of hydrogen-bond donors (Lipinski definition) is 0. The van der Waals surface area contributed by atoms with Crippen molar-refractivity contribution < 1.29 is 0 Å². The Labute approximate surface area is 188 Å². The van der Waals surface area contributed by atoms with Gasteiger partial charge in [0.05, 0.1) is 0 Å². The molecule has 3 aromatic rings. The van der Waals surface area contributed by atoms with Gasteiger partial charge in [-0.1, -0.05) is 73.9 Å². The molecular formula is C29H36N2. The Hall–Kier alpha value is -2.74. The van der Waals surface area contributed by atoms with Crippen molar-refractivity contribution in [2.75, 3.05) is 38.0 Å². The van der Waals surface area contributed by atoms with Crippen LogP contribution in [0.5, 0.6) is 0 Å². The van der Waals surface area contributed by atoms with Gasteiger partial charge in [-0.05, 0) is 53.8 Å². The van der Waals surface area contributed by atoms with Gasteiger partial charge < -0.3 is 9.80 Å². The molecule has 2 nitrogen and oxygen atoms in total. The van der Waals surface area contributed by atoms with Gasteiger partial charge in [-0.2, -0.15) is 0 Å². The van der Waals surface area contributed by atoms with Gasteiger partial charge in [0.1, 0.15) is 0 Å². The van der Waals surface area contributed by atoms with Crippen molar-refractivity contribution in [1.82, 2.24) is 0 Å². The van der Waals surface area contributed by atoms with E-state index in [1.54, 1.807) is 0 Å². The number of hydrogen-bond acceptors (Lipinski definition) is 2. The molecular weight excluding hydrogens is 376 g/mol. The first-order valence-corrected chi connectivity index (χ1v) is 11.6. The number of nitrogens with zero attached hydrogens (tertiary/aromatic N) is 2. The van der Waals surface area contributed by atoms with E-state index in [1.807, 2.05) is 0 Å². The highest BCUT2D eigenvalue weighted by atomic mass is 15.1. The minimum atomic E-state index is 0.138. The average molecular weight is 413 g/mol. The molecule has 4 rings (SSSR count). The smallest absolute Gasteiger partial charge is 0.0361 e. The summed E-state index contributed by atoms with van der Waals surface area (Å²) in [6.45, 7) is 0. The molecule has 162 valence electrons. The SMILES string of the molecule is CN(C)c1ccc(C(c2ccc(N(C)C)cc2)C2(c3ccccc3)CCCCC2)cc1. The zero-order valence-electron chi connectivity index (χ0n) is 19.5. The van der Waals surface area contributed by atoms with E-state index in [9.17, 15) is 0 Å². The van der Waals surface area contributed by atoms with Crippen LogP contribution in [0.4, 0.5) is 11.4 Å². The van der Waals surface area contributed by atoms with Crippen molar-refractivity contribution in [2.45, 2.75) is 43.4 Å². The summed E-state index contributed by atoms with van der Waals surface area (Å²) >= 11 is 0. The molecule has 31 heavy (non-hydrogen) atoms. The van der Waals surface area contributed by atoms with E-state index in [0.29, 0.717) is 5.92 Å². The van der Waals surface area contributed by atoms with E-state index in [1.165, 1.54) is 60.2 Å². The van der Waals surface area contributed by atoms with Crippen LogP contribution in [0.3, 0.4) is 0 Å². The van der Waals surface area contributed by atoms with E-state index < -0.39 is 0 Å². The van der Waals surface area contributed by atoms with Gasteiger partial charge >= 0.3 is 0 Å². The minimum Gasteiger partial charge on any atom is -0.378 e. The Bertz CT molecular complexity index is 898. The fraction of sp³-hybridized carbons (Fsp3) is 0.379. The van der Waals surface area contributed by atoms with Gasteiger partial charge in [0.15, 0.2) is 0 Å². The second-order valence-electron chi connectivity index (χ2n) is 9.49. The summed E-state index contributed by atoms with van der Waals surface area (Å²) in [5, 5.41) is 0. The highest BCUT2D eigenvalue weighted by Gasteiger charge is 2.42. The highest BCUT2D eigenvalue weighted by molar-refractivity contribution is 5.53. The van der Waals surface area contributed by atoms with Gasteiger partial charge in [-0.25, -0.2) is 0 Å². The van der Waals surface area contributed by atoms with Crippen LogP contribution >= 0.6 is 0 Å². The summed E-state index contributed by atoms with van der Waals surface area (Å²) < 4.78 is 0. The summed E-state index contributed by atoms with van der Waals surface area (Å²) in [6.07, 6.45) is 6.44. The topological polar surface area (TPSA) is 6.48 Å². The molecule has 0 spiro atoms. The molecule has 0 atom stereocenters. The van der Waals surface area contributed by atoms with E-state index in [-0.39, 0.29) is 5.41 Å². The van der Waals surface area contributed by atoms with E-state index in [2.05, 4.69) is 117 Å². The van der Waals surface area contributed by atoms with Gasteiger partial charge in [0.25, 0.3) is 0 Å². The molecule has 0 heterocycles. The summed E-state index contributed by atoms with van der Waals surface area (Å²) in [5.74, 6) is 0.350. The quantitative estimate of drug-likeness (QED) is 0.437. The molecule has 3 aromatic carbocycles. The molecule has 1 saturated carbocycles. The maximum Gasteiger partial charge on any atom is 0.0361 e. The molecule has 2 heteroatoms. The van der Waals surface area contributed by atoms with Gasteiger partial charge in [0, 0.05) is 50.9 Å². The van der Waals surface area contributed by atoms with Crippen LogP contribution < -0.4 is 9.80 Å². The van der Waals surface area contributed by atoms with Crippen molar-refractivity contribution >= 4 is 11.4 Å². The predicted octanol–water partition coefficient (Wildman–Crippen LogP) is 6.85.